The number of halogens is 1. The zero-order valence-corrected chi connectivity index (χ0v) is 16.2. The number of benzene rings is 2. The Balaban J connectivity index is 1.44. The zero-order chi connectivity index (χ0) is 20.6. The maximum Gasteiger partial charge on any atom is 0.325 e. The summed E-state index contributed by atoms with van der Waals surface area (Å²) in [5.41, 5.74) is 1.30. The number of rotatable bonds is 3. The highest BCUT2D eigenvalue weighted by Gasteiger charge is 2.52. The van der Waals surface area contributed by atoms with Crippen molar-refractivity contribution in [3.63, 3.8) is 0 Å². The van der Waals surface area contributed by atoms with Gasteiger partial charge in [-0.05, 0) is 43.5 Å². The Morgan fingerprint density at radius 2 is 1.79 bits per heavy atom. The highest BCUT2D eigenvalue weighted by molar-refractivity contribution is 6.07. The minimum atomic E-state index is -0.972. The van der Waals surface area contributed by atoms with Crippen molar-refractivity contribution in [2.75, 3.05) is 13.1 Å². The minimum Gasteiger partial charge on any atom is -0.338 e. The number of urea groups is 1. The van der Waals surface area contributed by atoms with Crippen LogP contribution in [0.3, 0.4) is 0 Å². The Kier molecular flexibility index (Phi) is 4.82. The van der Waals surface area contributed by atoms with E-state index in [9.17, 15) is 18.8 Å². The molecule has 0 radical (unpaired) electrons. The van der Waals surface area contributed by atoms with Crippen LogP contribution in [0.25, 0.3) is 0 Å². The van der Waals surface area contributed by atoms with Crippen LogP contribution in [0.4, 0.5) is 9.18 Å². The third-order valence-corrected chi connectivity index (χ3v) is 5.68. The van der Waals surface area contributed by atoms with Crippen LogP contribution in [0, 0.1) is 12.7 Å². The van der Waals surface area contributed by atoms with Crippen LogP contribution in [-0.4, -0.2) is 46.3 Å². The molecule has 0 aromatic heterocycles. The zero-order valence-electron chi connectivity index (χ0n) is 16.2. The van der Waals surface area contributed by atoms with Crippen LogP contribution in [0.5, 0.6) is 0 Å². The Bertz CT molecular complexity index is 966. The van der Waals surface area contributed by atoms with Crippen molar-refractivity contribution >= 4 is 17.8 Å². The molecule has 150 valence electrons. The van der Waals surface area contributed by atoms with Gasteiger partial charge < -0.3 is 10.2 Å². The van der Waals surface area contributed by atoms with Crippen LogP contribution in [0.1, 0.15) is 34.3 Å². The molecule has 2 aromatic carbocycles. The SMILES string of the molecule is Cc1ccc(CN2C(=O)NC3(CCN(C(=O)c4cccc(F)c4)CC3)C2=O)cc1. The standard InChI is InChI=1S/C22H22FN3O3/c1-15-5-7-16(8-6-15)14-26-20(28)22(24-21(26)29)9-11-25(12-10-22)19(27)17-3-2-4-18(23)13-17/h2-8,13H,9-12,14H2,1H3,(H,24,29). The van der Waals surface area contributed by atoms with Gasteiger partial charge in [0, 0.05) is 18.7 Å². The molecule has 2 aromatic rings. The van der Waals surface area contributed by atoms with Gasteiger partial charge in [-0.15, -0.1) is 0 Å². The van der Waals surface area contributed by atoms with E-state index in [1.54, 1.807) is 11.0 Å². The Morgan fingerprint density at radius 1 is 1.10 bits per heavy atom. The maximum atomic E-state index is 13.4. The Hall–Kier alpha value is -3.22. The van der Waals surface area contributed by atoms with Gasteiger partial charge in [0.2, 0.25) is 0 Å². The number of hydrogen-bond donors (Lipinski definition) is 1. The first kappa shape index (κ1) is 19.1. The lowest BCUT2D eigenvalue weighted by Crippen LogP contribution is -2.55. The van der Waals surface area contributed by atoms with E-state index >= 15 is 0 Å². The van der Waals surface area contributed by atoms with Crippen molar-refractivity contribution in [3.05, 3.63) is 71.0 Å². The third kappa shape index (κ3) is 3.60. The van der Waals surface area contributed by atoms with Gasteiger partial charge in [0.1, 0.15) is 11.4 Å². The monoisotopic (exact) mass is 395 g/mol. The number of likely N-dealkylation sites (tertiary alicyclic amines) is 1. The molecule has 2 heterocycles. The molecule has 0 saturated carbocycles. The molecule has 2 fully saturated rings. The van der Waals surface area contributed by atoms with Crippen LogP contribution >= 0.6 is 0 Å². The lowest BCUT2D eigenvalue weighted by atomic mass is 9.87. The number of carbonyl (C=O) groups is 3. The predicted octanol–water partition coefficient (Wildman–Crippen LogP) is 2.86. The quantitative estimate of drug-likeness (QED) is 0.813. The van der Waals surface area contributed by atoms with E-state index in [0.29, 0.717) is 25.9 Å². The second kappa shape index (κ2) is 7.31. The van der Waals surface area contributed by atoms with Crippen molar-refractivity contribution in [2.45, 2.75) is 31.8 Å². The molecule has 0 atom stereocenters. The van der Waals surface area contributed by atoms with Crippen LogP contribution in [0.2, 0.25) is 0 Å². The first-order valence-corrected chi connectivity index (χ1v) is 9.62. The molecule has 1 spiro atoms. The number of imide groups is 1. The van der Waals surface area contributed by atoms with Gasteiger partial charge >= 0.3 is 6.03 Å². The molecular formula is C22H22FN3O3. The van der Waals surface area contributed by atoms with Gasteiger partial charge in [-0.25, -0.2) is 9.18 Å². The third-order valence-electron chi connectivity index (χ3n) is 5.68. The summed E-state index contributed by atoms with van der Waals surface area (Å²) < 4.78 is 13.4. The number of carbonyl (C=O) groups excluding carboxylic acids is 3. The molecule has 0 unspecified atom stereocenters. The van der Waals surface area contributed by atoms with Gasteiger partial charge in [0.15, 0.2) is 0 Å². The molecule has 6 nitrogen and oxygen atoms in total. The summed E-state index contributed by atoms with van der Waals surface area (Å²) in [4.78, 5) is 41.0. The van der Waals surface area contributed by atoms with E-state index in [2.05, 4.69) is 5.32 Å². The van der Waals surface area contributed by atoms with Crippen molar-refractivity contribution in [3.8, 4) is 0 Å². The van der Waals surface area contributed by atoms with Gasteiger partial charge in [0.05, 0.1) is 6.54 Å². The molecular weight excluding hydrogens is 373 g/mol. The minimum absolute atomic E-state index is 0.221. The van der Waals surface area contributed by atoms with Crippen molar-refractivity contribution < 1.29 is 18.8 Å². The number of hydrogen-bond acceptors (Lipinski definition) is 3. The fraction of sp³-hybridized carbons (Fsp3) is 0.318. The number of nitrogens with zero attached hydrogens (tertiary/aromatic N) is 2. The van der Waals surface area contributed by atoms with Crippen LogP contribution in [0.15, 0.2) is 48.5 Å². The molecule has 0 bridgehead atoms. The predicted molar refractivity (Wildman–Crippen MR) is 105 cm³/mol. The molecule has 2 aliphatic rings. The average molecular weight is 395 g/mol. The van der Waals surface area contributed by atoms with Crippen molar-refractivity contribution in [1.29, 1.82) is 0 Å². The largest absolute Gasteiger partial charge is 0.338 e. The molecule has 2 aliphatic heterocycles. The second-order valence-electron chi connectivity index (χ2n) is 7.69. The Labute approximate surface area is 168 Å². The summed E-state index contributed by atoms with van der Waals surface area (Å²) in [6.45, 7) is 2.84. The van der Waals surface area contributed by atoms with E-state index in [1.165, 1.54) is 23.1 Å². The van der Waals surface area contributed by atoms with Gasteiger partial charge in [0.25, 0.3) is 11.8 Å². The van der Waals surface area contributed by atoms with E-state index < -0.39 is 17.4 Å². The van der Waals surface area contributed by atoms with E-state index in [4.69, 9.17) is 0 Å². The number of aryl methyl sites for hydroxylation is 1. The van der Waals surface area contributed by atoms with E-state index in [0.717, 1.165) is 11.1 Å². The van der Waals surface area contributed by atoms with Gasteiger partial charge in [-0.2, -0.15) is 0 Å². The summed E-state index contributed by atoms with van der Waals surface area (Å²) in [5.74, 6) is -0.983. The normalized spacial score (nSPS) is 18.3. The second-order valence-corrected chi connectivity index (χ2v) is 7.69. The topological polar surface area (TPSA) is 69.7 Å². The summed E-state index contributed by atoms with van der Waals surface area (Å²) in [6, 6.07) is 12.9. The van der Waals surface area contributed by atoms with E-state index in [-0.39, 0.29) is 23.9 Å². The first-order chi connectivity index (χ1) is 13.9. The summed E-state index contributed by atoms with van der Waals surface area (Å²) in [6.07, 6.45) is 0.673. The molecule has 4 rings (SSSR count). The van der Waals surface area contributed by atoms with Gasteiger partial charge in [-0.3, -0.25) is 14.5 Å². The van der Waals surface area contributed by atoms with E-state index in [1.807, 2.05) is 31.2 Å². The Morgan fingerprint density at radius 3 is 2.45 bits per heavy atom. The smallest absolute Gasteiger partial charge is 0.325 e. The maximum absolute atomic E-state index is 13.4. The molecule has 1 N–H and O–H groups in total. The number of amides is 4. The fourth-order valence-electron chi connectivity index (χ4n) is 3.93. The number of piperidine rings is 1. The average Bonchev–Trinajstić information content (AvgIpc) is 2.94. The molecule has 4 amide bonds. The highest BCUT2D eigenvalue weighted by atomic mass is 19.1. The molecule has 0 aliphatic carbocycles. The first-order valence-electron chi connectivity index (χ1n) is 9.62. The fourth-order valence-corrected chi connectivity index (χ4v) is 3.93. The van der Waals surface area contributed by atoms with Crippen LogP contribution in [-0.2, 0) is 11.3 Å². The molecule has 2 saturated heterocycles. The van der Waals surface area contributed by atoms with Crippen molar-refractivity contribution in [2.24, 2.45) is 0 Å². The lowest BCUT2D eigenvalue weighted by molar-refractivity contribution is -0.133. The number of nitrogens with one attached hydrogen (secondary N) is 1. The summed E-state index contributed by atoms with van der Waals surface area (Å²) >= 11 is 0. The molecule has 7 heteroatoms. The summed E-state index contributed by atoms with van der Waals surface area (Å²) in [5, 5.41) is 2.85. The summed E-state index contributed by atoms with van der Waals surface area (Å²) in [7, 11) is 0. The van der Waals surface area contributed by atoms with Crippen LogP contribution < -0.4 is 5.32 Å². The lowest BCUT2D eigenvalue weighted by Gasteiger charge is -2.37. The van der Waals surface area contributed by atoms with Crippen molar-refractivity contribution in [1.82, 2.24) is 15.1 Å². The highest BCUT2D eigenvalue weighted by Crippen LogP contribution is 2.31. The molecule has 29 heavy (non-hydrogen) atoms. The van der Waals surface area contributed by atoms with Gasteiger partial charge in [-0.1, -0.05) is 35.9 Å².